The van der Waals surface area contributed by atoms with E-state index in [0.717, 1.165) is 25.2 Å². The third kappa shape index (κ3) is 2.50. The molecule has 0 radical (unpaired) electrons. The van der Waals surface area contributed by atoms with Crippen molar-refractivity contribution in [1.82, 2.24) is 25.0 Å². The molecule has 2 aromatic heterocycles. The van der Waals surface area contributed by atoms with Crippen LogP contribution in [0, 0.1) is 0 Å². The summed E-state index contributed by atoms with van der Waals surface area (Å²) in [5.41, 5.74) is 0.613. The number of aliphatic hydroxyl groups is 1. The van der Waals surface area contributed by atoms with Crippen LogP contribution in [0.3, 0.4) is 0 Å². The molecule has 0 bridgehead atoms. The molecule has 0 aliphatic heterocycles. The highest BCUT2D eigenvalue weighted by molar-refractivity contribution is 5.45. The van der Waals surface area contributed by atoms with Crippen LogP contribution < -0.4 is 4.90 Å². The van der Waals surface area contributed by atoms with Gasteiger partial charge in [0.05, 0.1) is 19.0 Å². The van der Waals surface area contributed by atoms with Gasteiger partial charge in [-0.2, -0.15) is 4.52 Å². The van der Waals surface area contributed by atoms with E-state index in [2.05, 4.69) is 27.4 Å². The van der Waals surface area contributed by atoms with Gasteiger partial charge in [0, 0.05) is 13.1 Å². The van der Waals surface area contributed by atoms with E-state index in [4.69, 9.17) is 5.11 Å². The molecule has 17 heavy (non-hydrogen) atoms. The Morgan fingerprint density at radius 1 is 1.35 bits per heavy atom. The molecule has 0 unspecified atom stereocenters. The van der Waals surface area contributed by atoms with Crippen molar-refractivity contribution in [3.05, 3.63) is 12.4 Å². The fourth-order valence-corrected chi connectivity index (χ4v) is 1.69. The minimum absolute atomic E-state index is 0.0994. The molecule has 1 N–H and O–H groups in total. The van der Waals surface area contributed by atoms with Gasteiger partial charge >= 0.3 is 0 Å². The molecule has 2 rings (SSSR count). The fourth-order valence-electron chi connectivity index (χ4n) is 1.69. The van der Waals surface area contributed by atoms with E-state index < -0.39 is 0 Å². The molecule has 0 saturated carbocycles. The number of fused-ring (bicyclic) bond motifs is 1. The third-order valence-corrected chi connectivity index (χ3v) is 2.57. The van der Waals surface area contributed by atoms with Crippen molar-refractivity contribution in [1.29, 1.82) is 0 Å². The molecular weight excluding hydrogens is 220 g/mol. The standard InChI is InChI=1S/C10H16N6O/c1-2-3-4-15(5-6-17)10-8-11-7-9-12-13-14-16(9)10/h7-8,17H,2-6H2,1H3. The van der Waals surface area contributed by atoms with Crippen LogP contribution in [0.25, 0.3) is 5.65 Å². The fraction of sp³-hybridized carbons (Fsp3) is 0.600. The maximum absolute atomic E-state index is 9.10. The largest absolute Gasteiger partial charge is 0.395 e. The molecule has 2 aromatic rings. The Balaban J connectivity index is 2.30. The maximum atomic E-state index is 9.10. The zero-order chi connectivity index (χ0) is 12.1. The van der Waals surface area contributed by atoms with E-state index in [0.29, 0.717) is 12.2 Å². The Labute approximate surface area is 99.1 Å². The monoisotopic (exact) mass is 236 g/mol. The van der Waals surface area contributed by atoms with Crippen molar-refractivity contribution in [2.45, 2.75) is 19.8 Å². The summed E-state index contributed by atoms with van der Waals surface area (Å²) in [7, 11) is 0. The lowest BCUT2D eigenvalue weighted by atomic mass is 10.3. The lowest BCUT2D eigenvalue weighted by Crippen LogP contribution is -2.29. The summed E-state index contributed by atoms with van der Waals surface area (Å²) in [5.74, 6) is 0.815. The van der Waals surface area contributed by atoms with Crippen molar-refractivity contribution in [2.75, 3.05) is 24.6 Å². The molecule has 0 aliphatic rings. The first kappa shape index (κ1) is 11.7. The second-order valence-electron chi connectivity index (χ2n) is 3.78. The smallest absolute Gasteiger partial charge is 0.199 e. The Morgan fingerprint density at radius 3 is 3.00 bits per heavy atom. The van der Waals surface area contributed by atoms with Crippen molar-refractivity contribution in [3.63, 3.8) is 0 Å². The summed E-state index contributed by atoms with van der Waals surface area (Å²) in [6, 6.07) is 0. The Morgan fingerprint density at radius 2 is 2.24 bits per heavy atom. The van der Waals surface area contributed by atoms with Crippen molar-refractivity contribution in [2.24, 2.45) is 0 Å². The van der Waals surface area contributed by atoms with Gasteiger partial charge in [0.25, 0.3) is 0 Å². The predicted molar refractivity (Wildman–Crippen MR) is 62.8 cm³/mol. The number of hydrogen-bond acceptors (Lipinski definition) is 6. The van der Waals surface area contributed by atoms with Crippen molar-refractivity contribution >= 4 is 11.5 Å². The SMILES string of the molecule is CCCCN(CCO)c1cncc2nnnn12. The number of aliphatic hydroxyl groups excluding tert-OH is 1. The molecular formula is C10H16N6O. The molecule has 7 nitrogen and oxygen atoms in total. The molecule has 7 heteroatoms. The Hall–Kier alpha value is -1.76. The first-order valence-corrected chi connectivity index (χ1v) is 5.74. The molecule has 0 atom stereocenters. The molecule has 0 amide bonds. The minimum Gasteiger partial charge on any atom is -0.395 e. The number of hydrogen-bond donors (Lipinski definition) is 1. The molecule has 92 valence electrons. The van der Waals surface area contributed by atoms with Gasteiger partial charge in [0.15, 0.2) is 11.5 Å². The van der Waals surface area contributed by atoms with E-state index in [9.17, 15) is 0 Å². The highest BCUT2D eigenvalue weighted by atomic mass is 16.3. The lowest BCUT2D eigenvalue weighted by Gasteiger charge is -2.23. The zero-order valence-electron chi connectivity index (χ0n) is 9.82. The quantitative estimate of drug-likeness (QED) is 0.767. The van der Waals surface area contributed by atoms with E-state index in [1.54, 1.807) is 16.9 Å². The van der Waals surface area contributed by atoms with E-state index in [-0.39, 0.29) is 6.61 Å². The molecule has 0 aliphatic carbocycles. The topological polar surface area (TPSA) is 79.4 Å². The number of anilines is 1. The Kier molecular flexibility index (Phi) is 3.81. The van der Waals surface area contributed by atoms with Gasteiger partial charge in [-0.3, -0.25) is 4.98 Å². The van der Waals surface area contributed by atoms with Crippen LogP contribution in [0.4, 0.5) is 5.82 Å². The second-order valence-corrected chi connectivity index (χ2v) is 3.78. The first-order valence-electron chi connectivity index (χ1n) is 5.74. The first-order chi connectivity index (χ1) is 8.36. The average Bonchev–Trinajstić information content (AvgIpc) is 2.82. The van der Waals surface area contributed by atoms with Crippen LogP contribution >= 0.6 is 0 Å². The van der Waals surface area contributed by atoms with Crippen molar-refractivity contribution < 1.29 is 5.11 Å². The maximum Gasteiger partial charge on any atom is 0.199 e. The summed E-state index contributed by atoms with van der Waals surface area (Å²) < 4.78 is 1.64. The van der Waals surface area contributed by atoms with Gasteiger partial charge in [-0.05, 0) is 16.8 Å². The van der Waals surface area contributed by atoms with Crippen LogP contribution in [0.1, 0.15) is 19.8 Å². The summed E-state index contributed by atoms with van der Waals surface area (Å²) in [5, 5.41) is 20.5. The van der Waals surface area contributed by atoms with Gasteiger partial charge in [0.2, 0.25) is 0 Å². The van der Waals surface area contributed by atoms with Gasteiger partial charge < -0.3 is 10.0 Å². The lowest BCUT2D eigenvalue weighted by molar-refractivity contribution is 0.301. The van der Waals surface area contributed by atoms with Crippen LogP contribution in [0.15, 0.2) is 12.4 Å². The number of tetrazole rings is 1. The van der Waals surface area contributed by atoms with Crippen LogP contribution in [-0.4, -0.2) is 49.8 Å². The summed E-state index contributed by atoms with van der Waals surface area (Å²) in [6.45, 7) is 3.65. The second kappa shape index (κ2) is 5.53. The molecule has 0 spiro atoms. The number of aromatic nitrogens is 5. The highest BCUT2D eigenvalue weighted by Crippen LogP contribution is 2.13. The van der Waals surface area contributed by atoms with Gasteiger partial charge in [-0.1, -0.05) is 13.3 Å². The zero-order valence-corrected chi connectivity index (χ0v) is 9.82. The van der Waals surface area contributed by atoms with Crippen LogP contribution in [0.5, 0.6) is 0 Å². The summed E-state index contributed by atoms with van der Waals surface area (Å²) in [4.78, 5) is 6.15. The molecule has 0 fully saturated rings. The number of nitrogens with zero attached hydrogens (tertiary/aromatic N) is 6. The molecule has 0 saturated heterocycles. The van der Waals surface area contributed by atoms with E-state index in [1.165, 1.54) is 0 Å². The number of unbranched alkanes of at least 4 members (excludes halogenated alkanes) is 1. The van der Waals surface area contributed by atoms with Crippen LogP contribution in [0.2, 0.25) is 0 Å². The Bertz CT molecular complexity index is 471. The molecule has 0 aromatic carbocycles. The van der Waals surface area contributed by atoms with Gasteiger partial charge in [-0.25, -0.2) is 0 Å². The summed E-state index contributed by atoms with van der Waals surface area (Å²) in [6.07, 6.45) is 5.48. The minimum atomic E-state index is 0.0994. The van der Waals surface area contributed by atoms with E-state index in [1.807, 2.05) is 4.90 Å². The summed E-state index contributed by atoms with van der Waals surface area (Å²) >= 11 is 0. The number of rotatable bonds is 6. The highest BCUT2D eigenvalue weighted by Gasteiger charge is 2.11. The van der Waals surface area contributed by atoms with Crippen molar-refractivity contribution in [3.8, 4) is 0 Å². The predicted octanol–water partition coefficient (Wildman–Crippen LogP) is 0.118. The van der Waals surface area contributed by atoms with Gasteiger partial charge in [-0.15, -0.1) is 5.10 Å². The molecule has 2 heterocycles. The van der Waals surface area contributed by atoms with E-state index >= 15 is 0 Å². The van der Waals surface area contributed by atoms with Crippen LogP contribution in [-0.2, 0) is 0 Å². The van der Waals surface area contributed by atoms with Gasteiger partial charge in [0.1, 0.15) is 0 Å². The average molecular weight is 236 g/mol. The third-order valence-electron chi connectivity index (χ3n) is 2.57. The normalized spacial score (nSPS) is 10.9.